The van der Waals surface area contributed by atoms with Gasteiger partial charge >= 0.3 is 0 Å². The number of carbonyl (C=O) groups is 1. The van der Waals surface area contributed by atoms with Crippen LogP contribution in [0, 0.1) is 5.41 Å². The molecule has 13 heavy (non-hydrogen) atoms. The van der Waals surface area contributed by atoms with Crippen molar-refractivity contribution in [3.8, 4) is 0 Å². The Morgan fingerprint density at radius 3 is 2.38 bits per heavy atom. The van der Waals surface area contributed by atoms with E-state index < -0.39 is 0 Å². The van der Waals surface area contributed by atoms with Gasteiger partial charge in [-0.1, -0.05) is 18.1 Å². The first kappa shape index (κ1) is 10.5. The minimum Gasteiger partial charge on any atom is -0.299 e. The molecule has 0 N–H and O–H groups in total. The molecule has 0 aromatic rings. The molecule has 0 heterocycles. The third-order valence-corrected chi connectivity index (χ3v) is 3.73. The molecule has 1 aliphatic carbocycles. The molecule has 74 valence electrons. The fourth-order valence-corrected chi connectivity index (χ4v) is 2.24. The molecule has 1 rings (SSSR count). The average molecular weight is 180 g/mol. The Hall–Kier alpha value is -0.590. The van der Waals surface area contributed by atoms with E-state index in [2.05, 4.69) is 20.8 Å². The fourth-order valence-electron chi connectivity index (χ4n) is 2.24. The molecule has 0 aromatic carbocycles. The number of hydrogen-bond acceptors (Lipinski definition) is 1. The van der Waals surface area contributed by atoms with Gasteiger partial charge in [0.2, 0.25) is 0 Å². The zero-order chi connectivity index (χ0) is 10.1. The molecule has 1 nitrogen and oxygen atoms in total. The van der Waals surface area contributed by atoms with Gasteiger partial charge in [0.1, 0.15) is 5.78 Å². The molecular weight excluding hydrogens is 160 g/mol. The third-order valence-electron chi connectivity index (χ3n) is 3.73. The molecule has 1 atom stereocenters. The summed E-state index contributed by atoms with van der Waals surface area (Å²) in [5.74, 6) is 0.377. The molecule has 0 aliphatic heterocycles. The zero-order valence-electron chi connectivity index (χ0n) is 9.24. The first-order valence-electron chi connectivity index (χ1n) is 5.18. The van der Waals surface area contributed by atoms with Crippen LogP contribution in [0.2, 0.25) is 0 Å². The van der Waals surface area contributed by atoms with Gasteiger partial charge in [0.15, 0.2) is 0 Å². The van der Waals surface area contributed by atoms with Crippen molar-refractivity contribution >= 4 is 5.78 Å². The molecule has 0 unspecified atom stereocenters. The Kier molecular flexibility index (Phi) is 2.94. The van der Waals surface area contributed by atoms with E-state index in [1.54, 1.807) is 6.92 Å². The maximum atomic E-state index is 11.6. The summed E-state index contributed by atoms with van der Waals surface area (Å²) in [6.45, 7) is 8.24. The first-order valence-corrected chi connectivity index (χ1v) is 5.18. The number of allylic oxidation sites excluding steroid dienone is 2. The average Bonchev–Trinajstić information content (AvgIpc) is 2.09. The minimum absolute atomic E-state index is 0.0242. The van der Waals surface area contributed by atoms with E-state index >= 15 is 0 Å². The molecular formula is C12H20O. The zero-order valence-corrected chi connectivity index (χ0v) is 9.24. The largest absolute Gasteiger partial charge is 0.299 e. The van der Waals surface area contributed by atoms with E-state index in [4.69, 9.17) is 0 Å². The van der Waals surface area contributed by atoms with Gasteiger partial charge in [-0.05, 0) is 46.5 Å². The summed E-state index contributed by atoms with van der Waals surface area (Å²) in [6.07, 6.45) is 4.15. The van der Waals surface area contributed by atoms with Gasteiger partial charge in [-0.25, -0.2) is 0 Å². The van der Waals surface area contributed by atoms with Crippen LogP contribution >= 0.6 is 0 Å². The Morgan fingerprint density at radius 2 is 2.00 bits per heavy atom. The van der Waals surface area contributed by atoms with Gasteiger partial charge in [0.05, 0.1) is 0 Å². The van der Waals surface area contributed by atoms with Gasteiger partial charge in [0.25, 0.3) is 0 Å². The maximum Gasteiger partial charge on any atom is 0.136 e. The van der Waals surface area contributed by atoms with Crippen molar-refractivity contribution < 1.29 is 4.79 Å². The van der Waals surface area contributed by atoms with Crippen LogP contribution in [0.4, 0.5) is 0 Å². The number of carbonyl (C=O) groups excluding carboxylic acids is 1. The molecule has 0 radical (unpaired) electrons. The monoisotopic (exact) mass is 180 g/mol. The van der Waals surface area contributed by atoms with Crippen molar-refractivity contribution in [1.29, 1.82) is 0 Å². The number of Topliss-reactive ketones (excluding diaryl/α,β-unsaturated/α-hetero) is 1. The highest BCUT2D eigenvalue weighted by atomic mass is 16.1. The van der Waals surface area contributed by atoms with Crippen LogP contribution in [0.15, 0.2) is 11.1 Å². The summed E-state index contributed by atoms with van der Waals surface area (Å²) >= 11 is 0. The predicted molar refractivity (Wildman–Crippen MR) is 55.6 cm³/mol. The SMILES string of the molecule is CC[C@@]1(C(C)=O)CCC(C)=C(C)C1. The molecule has 0 amide bonds. The van der Waals surface area contributed by atoms with Crippen LogP contribution < -0.4 is 0 Å². The highest BCUT2D eigenvalue weighted by Gasteiger charge is 2.35. The molecule has 1 heteroatoms. The summed E-state index contributed by atoms with van der Waals surface area (Å²) in [4.78, 5) is 11.6. The van der Waals surface area contributed by atoms with Crippen molar-refractivity contribution in [2.45, 2.75) is 53.4 Å². The summed E-state index contributed by atoms with van der Waals surface area (Å²) < 4.78 is 0. The summed E-state index contributed by atoms with van der Waals surface area (Å²) in [5.41, 5.74) is 2.90. The van der Waals surface area contributed by atoms with Crippen LogP contribution in [-0.4, -0.2) is 5.78 Å². The Labute approximate surface area is 81.2 Å². The lowest BCUT2D eigenvalue weighted by atomic mass is 9.68. The Bertz CT molecular complexity index is 250. The maximum absolute atomic E-state index is 11.6. The highest BCUT2D eigenvalue weighted by molar-refractivity contribution is 5.82. The summed E-state index contributed by atoms with van der Waals surface area (Å²) in [7, 11) is 0. The summed E-state index contributed by atoms with van der Waals surface area (Å²) in [5, 5.41) is 0. The molecule has 0 fully saturated rings. The lowest BCUT2D eigenvalue weighted by Crippen LogP contribution is -2.31. The van der Waals surface area contributed by atoms with Crippen molar-refractivity contribution in [3.63, 3.8) is 0 Å². The minimum atomic E-state index is -0.0242. The van der Waals surface area contributed by atoms with Crippen LogP contribution in [0.5, 0.6) is 0 Å². The number of hydrogen-bond donors (Lipinski definition) is 0. The smallest absolute Gasteiger partial charge is 0.136 e. The standard InChI is InChI=1S/C12H20O/c1-5-12(11(4)13)7-6-9(2)10(3)8-12/h5-8H2,1-4H3/t12-/m1/s1. The van der Waals surface area contributed by atoms with E-state index in [0.29, 0.717) is 5.78 Å². The lowest BCUT2D eigenvalue weighted by molar-refractivity contribution is -0.127. The van der Waals surface area contributed by atoms with Crippen LogP contribution in [0.25, 0.3) is 0 Å². The number of ketones is 1. The second-order valence-corrected chi connectivity index (χ2v) is 4.43. The lowest BCUT2D eigenvalue weighted by Gasteiger charge is -2.35. The normalized spacial score (nSPS) is 29.2. The van der Waals surface area contributed by atoms with Gasteiger partial charge in [-0.3, -0.25) is 4.79 Å². The van der Waals surface area contributed by atoms with Crippen LogP contribution in [0.3, 0.4) is 0 Å². The molecule has 0 aromatic heterocycles. The number of rotatable bonds is 2. The van der Waals surface area contributed by atoms with E-state index in [1.807, 2.05) is 0 Å². The quantitative estimate of drug-likeness (QED) is 0.594. The molecule has 0 bridgehead atoms. The van der Waals surface area contributed by atoms with E-state index in [1.165, 1.54) is 11.1 Å². The van der Waals surface area contributed by atoms with Crippen molar-refractivity contribution in [3.05, 3.63) is 11.1 Å². The van der Waals surface area contributed by atoms with Crippen molar-refractivity contribution in [2.24, 2.45) is 5.41 Å². The molecule has 0 saturated heterocycles. The van der Waals surface area contributed by atoms with Gasteiger partial charge in [-0.2, -0.15) is 0 Å². The highest BCUT2D eigenvalue weighted by Crippen LogP contribution is 2.42. The van der Waals surface area contributed by atoms with Crippen LogP contribution in [0.1, 0.15) is 53.4 Å². The third kappa shape index (κ3) is 1.84. The van der Waals surface area contributed by atoms with Gasteiger partial charge in [-0.15, -0.1) is 0 Å². The van der Waals surface area contributed by atoms with E-state index in [0.717, 1.165) is 25.7 Å². The van der Waals surface area contributed by atoms with Crippen molar-refractivity contribution in [2.75, 3.05) is 0 Å². The predicted octanol–water partition coefficient (Wildman–Crippen LogP) is 3.49. The first-order chi connectivity index (χ1) is 6.02. The molecule has 0 spiro atoms. The Balaban J connectivity index is 2.90. The van der Waals surface area contributed by atoms with Gasteiger partial charge < -0.3 is 0 Å². The van der Waals surface area contributed by atoms with E-state index in [9.17, 15) is 4.79 Å². The van der Waals surface area contributed by atoms with Crippen molar-refractivity contribution in [1.82, 2.24) is 0 Å². The fraction of sp³-hybridized carbons (Fsp3) is 0.750. The molecule has 1 aliphatic rings. The molecule has 0 saturated carbocycles. The topological polar surface area (TPSA) is 17.1 Å². The second-order valence-electron chi connectivity index (χ2n) is 4.43. The summed E-state index contributed by atoms with van der Waals surface area (Å²) in [6, 6.07) is 0. The second kappa shape index (κ2) is 3.65. The van der Waals surface area contributed by atoms with Crippen LogP contribution in [-0.2, 0) is 4.79 Å². The van der Waals surface area contributed by atoms with E-state index in [-0.39, 0.29) is 5.41 Å². The Morgan fingerprint density at radius 1 is 1.38 bits per heavy atom. The van der Waals surface area contributed by atoms with Gasteiger partial charge in [0, 0.05) is 5.41 Å².